The molecule has 0 saturated heterocycles. The van der Waals surface area contributed by atoms with Crippen LogP contribution in [0, 0.1) is 0 Å². The van der Waals surface area contributed by atoms with E-state index in [1.807, 2.05) is 12.1 Å². The van der Waals surface area contributed by atoms with Crippen molar-refractivity contribution in [2.75, 3.05) is 5.32 Å². The molecule has 0 aliphatic rings. The standard InChI is InChI=1S/C20H16N2O3/c21-19(24)16-2-1-3-17(12-16)22-20(25)15-6-4-13(5-7-15)14-8-10-18(23)11-9-14/h1-12,23H,(H2,21,24)(H,22,25). The minimum Gasteiger partial charge on any atom is -0.508 e. The monoisotopic (exact) mass is 332 g/mol. The zero-order valence-electron chi connectivity index (χ0n) is 13.3. The first kappa shape index (κ1) is 16.3. The molecule has 2 amide bonds. The number of benzene rings is 3. The zero-order valence-corrected chi connectivity index (χ0v) is 13.3. The van der Waals surface area contributed by atoms with Crippen LogP contribution in [0.4, 0.5) is 5.69 Å². The molecule has 0 aromatic heterocycles. The van der Waals surface area contributed by atoms with Crippen LogP contribution in [-0.4, -0.2) is 16.9 Å². The third-order valence-electron chi connectivity index (χ3n) is 3.75. The van der Waals surface area contributed by atoms with E-state index in [1.165, 1.54) is 6.07 Å². The summed E-state index contributed by atoms with van der Waals surface area (Å²) in [6.07, 6.45) is 0. The van der Waals surface area contributed by atoms with Gasteiger partial charge in [-0.15, -0.1) is 0 Å². The van der Waals surface area contributed by atoms with Crippen molar-refractivity contribution in [1.82, 2.24) is 0 Å². The fraction of sp³-hybridized carbons (Fsp3) is 0. The van der Waals surface area contributed by atoms with Crippen molar-refractivity contribution in [1.29, 1.82) is 0 Å². The molecule has 0 bridgehead atoms. The first-order valence-corrected chi connectivity index (χ1v) is 7.63. The topological polar surface area (TPSA) is 92.4 Å². The molecule has 4 N–H and O–H groups in total. The van der Waals surface area contributed by atoms with Crippen molar-refractivity contribution in [2.45, 2.75) is 0 Å². The normalized spacial score (nSPS) is 10.2. The molecule has 0 aliphatic carbocycles. The molecule has 0 heterocycles. The fourth-order valence-corrected chi connectivity index (χ4v) is 2.42. The van der Waals surface area contributed by atoms with Gasteiger partial charge < -0.3 is 16.2 Å². The summed E-state index contributed by atoms with van der Waals surface area (Å²) in [5.74, 6) is -0.619. The number of anilines is 1. The van der Waals surface area contributed by atoms with E-state index in [0.717, 1.165) is 11.1 Å². The Morgan fingerprint density at radius 2 is 1.40 bits per heavy atom. The molecule has 5 nitrogen and oxygen atoms in total. The molecule has 0 aliphatic heterocycles. The summed E-state index contributed by atoms with van der Waals surface area (Å²) < 4.78 is 0. The highest BCUT2D eigenvalue weighted by atomic mass is 16.3. The van der Waals surface area contributed by atoms with E-state index < -0.39 is 5.91 Å². The quantitative estimate of drug-likeness (QED) is 0.683. The van der Waals surface area contributed by atoms with E-state index in [4.69, 9.17) is 5.73 Å². The SMILES string of the molecule is NC(=O)c1cccc(NC(=O)c2ccc(-c3ccc(O)cc3)cc2)c1. The second kappa shape index (κ2) is 6.88. The Bertz CT molecular complexity index is 916. The average Bonchev–Trinajstić information content (AvgIpc) is 2.63. The van der Waals surface area contributed by atoms with E-state index in [9.17, 15) is 14.7 Å². The summed E-state index contributed by atoms with van der Waals surface area (Å²) in [6.45, 7) is 0. The molecule has 0 unspecified atom stereocenters. The number of hydrogen-bond acceptors (Lipinski definition) is 3. The summed E-state index contributed by atoms with van der Waals surface area (Å²) in [6, 6.07) is 20.4. The number of carbonyl (C=O) groups is 2. The number of aromatic hydroxyl groups is 1. The summed E-state index contributed by atoms with van der Waals surface area (Å²) in [7, 11) is 0. The highest BCUT2D eigenvalue weighted by molar-refractivity contribution is 6.05. The lowest BCUT2D eigenvalue weighted by molar-refractivity contribution is 0.0996. The van der Waals surface area contributed by atoms with Crippen LogP contribution >= 0.6 is 0 Å². The maximum Gasteiger partial charge on any atom is 0.255 e. The second-order valence-corrected chi connectivity index (χ2v) is 5.52. The molecule has 0 saturated carbocycles. The first-order valence-electron chi connectivity index (χ1n) is 7.63. The van der Waals surface area contributed by atoms with E-state index >= 15 is 0 Å². The number of primary amides is 1. The van der Waals surface area contributed by atoms with Crippen LogP contribution in [0.5, 0.6) is 5.75 Å². The molecule has 25 heavy (non-hydrogen) atoms. The molecule has 3 rings (SSSR count). The van der Waals surface area contributed by atoms with E-state index in [-0.39, 0.29) is 11.7 Å². The number of amides is 2. The van der Waals surface area contributed by atoms with E-state index in [0.29, 0.717) is 16.8 Å². The number of rotatable bonds is 4. The van der Waals surface area contributed by atoms with Gasteiger partial charge in [0.25, 0.3) is 5.91 Å². The molecule has 3 aromatic rings. The second-order valence-electron chi connectivity index (χ2n) is 5.52. The molecule has 0 spiro atoms. The highest BCUT2D eigenvalue weighted by Crippen LogP contribution is 2.22. The summed E-state index contributed by atoms with van der Waals surface area (Å²) in [5.41, 5.74) is 8.45. The summed E-state index contributed by atoms with van der Waals surface area (Å²) >= 11 is 0. The lowest BCUT2D eigenvalue weighted by Gasteiger charge is -2.07. The Hall–Kier alpha value is -3.60. The van der Waals surface area contributed by atoms with Gasteiger partial charge in [-0.25, -0.2) is 0 Å². The predicted octanol–water partition coefficient (Wildman–Crippen LogP) is 3.41. The number of carbonyl (C=O) groups excluding carboxylic acids is 2. The van der Waals surface area contributed by atoms with E-state index in [1.54, 1.807) is 54.6 Å². The third-order valence-corrected chi connectivity index (χ3v) is 3.75. The minimum atomic E-state index is -0.547. The van der Waals surface area contributed by atoms with Crippen LogP contribution < -0.4 is 11.1 Å². The summed E-state index contributed by atoms with van der Waals surface area (Å²) in [5, 5.41) is 12.1. The molecule has 0 atom stereocenters. The Labute approximate surface area is 144 Å². The van der Waals surface area contributed by atoms with Crippen molar-refractivity contribution < 1.29 is 14.7 Å². The predicted molar refractivity (Wildman–Crippen MR) is 96.5 cm³/mol. The van der Waals surface area contributed by atoms with Gasteiger partial charge in [0.15, 0.2) is 0 Å². The van der Waals surface area contributed by atoms with Gasteiger partial charge in [-0.1, -0.05) is 30.3 Å². The number of hydrogen-bond donors (Lipinski definition) is 3. The summed E-state index contributed by atoms with van der Waals surface area (Å²) in [4.78, 5) is 23.5. The van der Waals surface area contributed by atoms with Crippen LogP contribution in [0.3, 0.4) is 0 Å². The van der Waals surface area contributed by atoms with Crippen molar-refractivity contribution in [3.8, 4) is 16.9 Å². The van der Waals surface area contributed by atoms with Crippen LogP contribution in [0.25, 0.3) is 11.1 Å². The Morgan fingerprint density at radius 3 is 2.00 bits per heavy atom. The zero-order chi connectivity index (χ0) is 17.8. The minimum absolute atomic E-state index is 0.206. The molecule has 0 fully saturated rings. The number of nitrogens with two attached hydrogens (primary N) is 1. The molecular weight excluding hydrogens is 316 g/mol. The third kappa shape index (κ3) is 3.84. The van der Waals surface area contributed by atoms with Gasteiger partial charge in [0, 0.05) is 16.8 Å². The first-order chi connectivity index (χ1) is 12.0. The van der Waals surface area contributed by atoms with Crippen LogP contribution in [0.1, 0.15) is 20.7 Å². The average molecular weight is 332 g/mol. The molecular formula is C20H16N2O3. The Balaban J connectivity index is 1.75. The lowest BCUT2D eigenvalue weighted by Crippen LogP contribution is -2.14. The van der Waals surface area contributed by atoms with Gasteiger partial charge in [-0.2, -0.15) is 0 Å². The maximum absolute atomic E-state index is 12.3. The highest BCUT2D eigenvalue weighted by Gasteiger charge is 2.08. The Kier molecular flexibility index (Phi) is 4.48. The number of phenols is 1. The van der Waals surface area contributed by atoms with Crippen LogP contribution in [-0.2, 0) is 0 Å². The van der Waals surface area contributed by atoms with Crippen molar-refractivity contribution in [2.24, 2.45) is 5.73 Å². The molecule has 0 radical (unpaired) electrons. The van der Waals surface area contributed by atoms with Crippen molar-refractivity contribution in [3.05, 3.63) is 83.9 Å². The van der Waals surface area contributed by atoms with Crippen LogP contribution in [0.2, 0.25) is 0 Å². The van der Waals surface area contributed by atoms with Gasteiger partial charge >= 0.3 is 0 Å². The van der Waals surface area contributed by atoms with Crippen molar-refractivity contribution in [3.63, 3.8) is 0 Å². The maximum atomic E-state index is 12.3. The number of nitrogens with one attached hydrogen (secondary N) is 1. The van der Waals surface area contributed by atoms with Gasteiger partial charge in [0.1, 0.15) is 5.75 Å². The Morgan fingerprint density at radius 1 is 0.800 bits per heavy atom. The smallest absolute Gasteiger partial charge is 0.255 e. The largest absolute Gasteiger partial charge is 0.508 e. The lowest BCUT2D eigenvalue weighted by atomic mass is 10.0. The molecule has 124 valence electrons. The van der Waals surface area contributed by atoms with E-state index in [2.05, 4.69) is 5.32 Å². The van der Waals surface area contributed by atoms with Gasteiger partial charge in [0.2, 0.25) is 5.91 Å². The number of phenolic OH excluding ortho intramolecular Hbond substituents is 1. The molecule has 5 heteroatoms. The van der Waals surface area contributed by atoms with Crippen LogP contribution in [0.15, 0.2) is 72.8 Å². The van der Waals surface area contributed by atoms with Gasteiger partial charge in [-0.3, -0.25) is 9.59 Å². The molecule has 3 aromatic carbocycles. The van der Waals surface area contributed by atoms with Gasteiger partial charge in [0.05, 0.1) is 0 Å². The van der Waals surface area contributed by atoms with Crippen molar-refractivity contribution >= 4 is 17.5 Å². The van der Waals surface area contributed by atoms with Gasteiger partial charge in [-0.05, 0) is 53.6 Å². The fourth-order valence-electron chi connectivity index (χ4n) is 2.42.